The van der Waals surface area contributed by atoms with Gasteiger partial charge in [0.1, 0.15) is 6.17 Å². The van der Waals surface area contributed by atoms with E-state index >= 15 is 0 Å². The smallest absolute Gasteiger partial charge is 0.255 e. The fraction of sp³-hybridized carbons (Fsp3) is 0.250. The zero-order chi connectivity index (χ0) is 10.8. The maximum atomic E-state index is 11.9. The molecule has 2 N–H and O–H groups in total. The highest BCUT2D eigenvalue weighted by molar-refractivity contribution is 5.99. The van der Waals surface area contributed by atoms with Gasteiger partial charge in [-0.25, -0.2) is 0 Å². The highest BCUT2D eigenvalue weighted by atomic mass is 16.2. The number of nitrogens with zero attached hydrogens (tertiary/aromatic N) is 1. The molecule has 0 radical (unpaired) electrons. The Morgan fingerprint density at radius 1 is 1.47 bits per heavy atom. The van der Waals surface area contributed by atoms with Crippen LogP contribution in [0.3, 0.4) is 0 Å². The molecule has 2 rings (SSSR count). The van der Waals surface area contributed by atoms with Gasteiger partial charge in [0.25, 0.3) is 5.91 Å². The van der Waals surface area contributed by atoms with Gasteiger partial charge >= 0.3 is 0 Å². The second-order valence-electron chi connectivity index (χ2n) is 3.61. The summed E-state index contributed by atoms with van der Waals surface area (Å²) in [6.45, 7) is 4.28. The molecule has 3 heteroatoms. The van der Waals surface area contributed by atoms with E-state index in [1.54, 1.807) is 11.0 Å². The largest absolute Gasteiger partial charge is 0.319 e. The van der Waals surface area contributed by atoms with Crippen LogP contribution in [-0.4, -0.2) is 17.4 Å². The molecular formula is C12H14N2O. The molecule has 0 bridgehead atoms. The molecule has 78 valence electrons. The van der Waals surface area contributed by atoms with Crippen LogP contribution >= 0.6 is 0 Å². The fourth-order valence-corrected chi connectivity index (χ4v) is 1.87. The van der Waals surface area contributed by atoms with E-state index in [1.165, 1.54) is 0 Å². The number of hydrogen-bond acceptors (Lipinski definition) is 2. The molecule has 1 heterocycles. The molecule has 15 heavy (non-hydrogen) atoms. The van der Waals surface area contributed by atoms with Crippen molar-refractivity contribution in [1.82, 2.24) is 4.90 Å². The lowest BCUT2D eigenvalue weighted by atomic mass is 10.1. The van der Waals surface area contributed by atoms with Gasteiger partial charge in [0.2, 0.25) is 0 Å². The Morgan fingerprint density at radius 2 is 2.20 bits per heavy atom. The van der Waals surface area contributed by atoms with Gasteiger partial charge in [-0.15, -0.1) is 6.58 Å². The summed E-state index contributed by atoms with van der Waals surface area (Å²) >= 11 is 0. The fourth-order valence-electron chi connectivity index (χ4n) is 1.87. The number of benzene rings is 1. The number of rotatable bonds is 3. The monoisotopic (exact) mass is 202 g/mol. The molecule has 1 aromatic rings. The van der Waals surface area contributed by atoms with Crippen LogP contribution in [0.5, 0.6) is 0 Å². The van der Waals surface area contributed by atoms with E-state index in [1.807, 2.05) is 24.3 Å². The van der Waals surface area contributed by atoms with Crippen LogP contribution in [0.25, 0.3) is 0 Å². The van der Waals surface area contributed by atoms with Crippen LogP contribution in [0.4, 0.5) is 0 Å². The van der Waals surface area contributed by atoms with Crippen LogP contribution in [0.2, 0.25) is 0 Å². The molecule has 1 atom stereocenters. The molecule has 0 aliphatic carbocycles. The second kappa shape index (κ2) is 3.87. The van der Waals surface area contributed by atoms with E-state index < -0.39 is 0 Å². The predicted molar refractivity (Wildman–Crippen MR) is 59.2 cm³/mol. The molecule has 0 aromatic heterocycles. The van der Waals surface area contributed by atoms with Gasteiger partial charge in [-0.2, -0.15) is 0 Å². The maximum Gasteiger partial charge on any atom is 0.255 e. The van der Waals surface area contributed by atoms with E-state index in [2.05, 4.69) is 6.58 Å². The first-order valence-corrected chi connectivity index (χ1v) is 5.02. The van der Waals surface area contributed by atoms with E-state index in [9.17, 15) is 4.79 Å². The van der Waals surface area contributed by atoms with Crippen molar-refractivity contribution in [2.45, 2.75) is 12.6 Å². The Kier molecular flexibility index (Phi) is 2.56. The van der Waals surface area contributed by atoms with Crippen molar-refractivity contribution in [2.75, 3.05) is 6.54 Å². The standard InChI is InChI=1S/C12H14N2O/c1-2-3-8-14-11(13)9-6-4-5-7-10(9)12(14)15/h2,4-7,11H,1,3,8,13H2. The van der Waals surface area contributed by atoms with Crippen LogP contribution in [0.1, 0.15) is 28.5 Å². The third-order valence-corrected chi connectivity index (χ3v) is 2.68. The van der Waals surface area contributed by atoms with Gasteiger partial charge in [0.15, 0.2) is 0 Å². The Labute approximate surface area is 89.2 Å². The van der Waals surface area contributed by atoms with Crippen LogP contribution in [0, 0.1) is 0 Å². The summed E-state index contributed by atoms with van der Waals surface area (Å²) < 4.78 is 0. The minimum Gasteiger partial charge on any atom is -0.319 e. The average Bonchev–Trinajstić information content (AvgIpc) is 2.51. The molecule has 1 aromatic carbocycles. The van der Waals surface area contributed by atoms with Gasteiger partial charge in [-0.05, 0) is 12.5 Å². The van der Waals surface area contributed by atoms with Crippen molar-refractivity contribution in [3.63, 3.8) is 0 Å². The first-order chi connectivity index (χ1) is 7.25. The van der Waals surface area contributed by atoms with Crippen molar-refractivity contribution in [3.05, 3.63) is 48.0 Å². The lowest BCUT2D eigenvalue weighted by Crippen LogP contribution is -2.33. The summed E-state index contributed by atoms with van der Waals surface area (Å²) in [7, 11) is 0. The van der Waals surface area contributed by atoms with E-state index in [-0.39, 0.29) is 12.1 Å². The summed E-state index contributed by atoms with van der Waals surface area (Å²) in [5.41, 5.74) is 7.65. The summed E-state index contributed by atoms with van der Waals surface area (Å²) in [5, 5.41) is 0. The van der Waals surface area contributed by atoms with Crippen molar-refractivity contribution < 1.29 is 4.79 Å². The third kappa shape index (κ3) is 1.55. The molecule has 0 saturated carbocycles. The van der Waals surface area contributed by atoms with Crippen molar-refractivity contribution in [3.8, 4) is 0 Å². The number of carbonyl (C=O) groups is 1. The molecule has 1 aliphatic rings. The zero-order valence-electron chi connectivity index (χ0n) is 8.52. The SMILES string of the molecule is C=CCCN1C(=O)c2ccccc2C1N. The number of amides is 1. The van der Waals surface area contributed by atoms with Crippen LogP contribution in [0.15, 0.2) is 36.9 Å². The quantitative estimate of drug-likeness (QED) is 0.758. The van der Waals surface area contributed by atoms with E-state index in [4.69, 9.17) is 5.73 Å². The first kappa shape index (κ1) is 9.93. The topological polar surface area (TPSA) is 46.3 Å². The highest BCUT2D eigenvalue weighted by Gasteiger charge is 2.32. The lowest BCUT2D eigenvalue weighted by molar-refractivity contribution is 0.0733. The van der Waals surface area contributed by atoms with Crippen LogP contribution in [-0.2, 0) is 0 Å². The number of carbonyl (C=O) groups excluding carboxylic acids is 1. The van der Waals surface area contributed by atoms with Gasteiger partial charge in [-0.1, -0.05) is 24.3 Å². The van der Waals surface area contributed by atoms with Gasteiger partial charge in [0.05, 0.1) is 0 Å². The summed E-state index contributed by atoms with van der Waals surface area (Å²) in [6.07, 6.45) is 2.27. The minimum absolute atomic E-state index is 0.0277. The van der Waals surface area contributed by atoms with Crippen molar-refractivity contribution in [2.24, 2.45) is 5.73 Å². The Balaban J connectivity index is 2.28. The maximum absolute atomic E-state index is 11.9. The molecule has 1 aliphatic heterocycles. The first-order valence-electron chi connectivity index (χ1n) is 5.02. The average molecular weight is 202 g/mol. The second-order valence-corrected chi connectivity index (χ2v) is 3.61. The summed E-state index contributed by atoms with van der Waals surface area (Å²) in [4.78, 5) is 13.6. The minimum atomic E-state index is -0.298. The van der Waals surface area contributed by atoms with Gasteiger partial charge < -0.3 is 10.6 Å². The Bertz CT molecular complexity index is 400. The zero-order valence-corrected chi connectivity index (χ0v) is 8.52. The number of hydrogen-bond donors (Lipinski definition) is 1. The van der Waals surface area contributed by atoms with E-state index in [0.29, 0.717) is 6.54 Å². The molecule has 3 nitrogen and oxygen atoms in total. The highest BCUT2D eigenvalue weighted by Crippen LogP contribution is 2.29. The number of fused-ring (bicyclic) bond motifs is 1. The Hall–Kier alpha value is -1.61. The van der Waals surface area contributed by atoms with E-state index in [0.717, 1.165) is 17.5 Å². The van der Waals surface area contributed by atoms with Crippen LogP contribution < -0.4 is 5.73 Å². The molecule has 0 fully saturated rings. The van der Waals surface area contributed by atoms with Gasteiger partial charge in [0, 0.05) is 17.7 Å². The number of nitrogens with two attached hydrogens (primary N) is 1. The summed E-state index contributed by atoms with van der Waals surface area (Å²) in [5.74, 6) is 0.0277. The molecule has 1 amide bonds. The predicted octanol–water partition coefficient (Wildman–Crippen LogP) is 1.68. The normalized spacial score (nSPS) is 19.1. The van der Waals surface area contributed by atoms with Crippen molar-refractivity contribution >= 4 is 5.91 Å². The lowest BCUT2D eigenvalue weighted by Gasteiger charge is -2.20. The molecule has 0 spiro atoms. The molecular weight excluding hydrogens is 188 g/mol. The Morgan fingerprint density at radius 3 is 2.87 bits per heavy atom. The summed E-state index contributed by atoms with van der Waals surface area (Å²) in [6, 6.07) is 7.50. The molecule has 0 saturated heterocycles. The molecule has 1 unspecified atom stereocenters. The third-order valence-electron chi connectivity index (χ3n) is 2.68. The van der Waals surface area contributed by atoms with Crippen molar-refractivity contribution in [1.29, 1.82) is 0 Å². The van der Waals surface area contributed by atoms with Gasteiger partial charge in [-0.3, -0.25) is 4.79 Å².